The van der Waals surface area contributed by atoms with Gasteiger partial charge < -0.3 is 4.90 Å². The van der Waals surface area contributed by atoms with Gasteiger partial charge in [-0.3, -0.25) is 9.69 Å². The number of hydrogen-bond donors (Lipinski definition) is 0. The molecule has 0 unspecified atom stereocenters. The normalized spacial score (nSPS) is 17.0. The van der Waals surface area contributed by atoms with Crippen LogP contribution in [-0.4, -0.2) is 41.9 Å². The summed E-state index contributed by atoms with van der Waals surface area (Å²) in [5.41, 5.74) is 1.12. The van der Waals surface area contributed by atoms with Crippen molar-refractivity contribution in [1.29, 1.82) is 0 Å². The molecule has 0 aliphatic carbocycles. The number of rotatable bonds is 4. The lowest BCUT2D eigenvalue weighted by molar-refractivity contribution is -0.131. The number of benzene rings is 1. The van der Waals surface area contributed by atoms with Crippen molar-refractivity contribution >= 4 is 5.91 Å². The molecule has 0 atom stereocenters. The van der Waals surface area contributed by atoms with Crippen LogP contribution in [0.2, 0.25) is 0 Å². The zero-order valence-corrected chi connectivity index (χ0v) is 12.1. The van der Waals surface area contributed by atoms with Gasteiger partial charge in [0.1, 0.15) is 5.82 Å². The Hall–Kier alpha value is -1.42. The van der Waals surface area contributed by atoms with E-state index in [4.69, 9.17) is 0 Å². The van der Waals surface area contributed by atoms with Crippen molar-refractivity contribution < 1.29 is 9.18 Å². The maximum Gasteiger partial charge on any atom is 0.222 e. The smallest absolute Gasteiger partial charge is 0.222 e. The van der Waals surface area contributed by atoms with E-state index in [-0.39, 0.29) is 11.7 Å². The molecule has 1 amide bonds. The molecular weight excluding hydrogens is 255 g/mol. The van der Waals surface area contributed by atoms with E-state index in [9.17, 15) is 9.18 Å². The van der Waals surface area contributed by atoms with Crippen molar-refractivity contribution in [1.82, 2.24) is 9.80 Å². The molecule has 1 heterocycles. The van der Waals surface area contributed by atoms with Gasteiger partial charge in [-0.25, -0.2) is 4.39 Å². The first-order valence-electron chi connectivity index (χ1n) is 7.43. The number of carbonyl (C=O) groups is 1. The minimum absolute atomic E-state index is 0.194. The topological polar surface area (TPSA) is 23.6 Å². The summed E-state index contributed by atoms with van der Waals surface area (Å²) in [5.74, 6) is 0.0806. The van der Waals surface area contributed by atoms with E-state index in [0.29, 0.717) is 6.42 Å². The lowest BCUT2D eigenvalue weighted by atomic mass is 10.2. The van der Waals surface area contributed by atoms with Gasteiger partial charge in [-0.05, 0) is 30.5 Å². The molecule has 0 N–H and O–H groups in total. The van der Waals surface area contributed by atoms with Crippen LogP contribution >= 0.6 is 0 Å². The number of carbonyl (C=O) groups excluding carboxylic acids is 1. The standard InChI is InChI=1S/C16H23FN2O/c1-2-4-16(20)19-10-3-9-18(11-12-19)13-14-5-7-15(17)8-6-14/h5-8H,2-4,9-13H2,1H3. The van der Waals surface area contributed by atoms with Crippen molar-refractivity contribution in [2.45, 2.75) is 32.7 Å². The molecule has 0 radical (unpaired) electrons. The zero-order chi connectivity index (χ0) is 14.4. The summed E-state index contributed by atoms with van der Waals surface area (Å²) >= 11 is 0. The Bertz CT molecular complexity index is 433. The molecule has 0 spiro atoms. The molecule has 3 nitrogen and oxygen atoms in total. The largest absolute Gasteiger partial charge is 0.341 e. The predicted molar refractivity (Wildman–Crippen MR) is 77.8 cm³/mol. The molecule has 0 bridgehead atoms. The van der Waals surface area contributed by atoms with Crippen LogP contribution in [0.15, 0.2) is 24.3 Å². The summed E-state index contributed by atoms with van der Waals surface area (Å²) in [6.45, 7) is 6.42. The highest BCUT2D eigenvalue weighted by Gasteiger charge is 2.18. The van der Waals surface area contributed by atoms with Gasteiger partial charge in [0.15, 0.2) is 0 Å². The Morgan fingerprint density at radius 2 is 1.90 bits per heavy atom. The van der Waals surface area contributed by atoms with Crippen LogP contribution in [-0.2, 0) is 11.3 Å². The maximum atomic E-state index is 12.9. The van der Waals surface area contributed by atoms with E-state index >= 15 is 0 Å². The Labute approximate surface area is 120 Å². The SMILES string of the molecule is CCCC(=O)N1CCCN(Cc2ccc(F)cc2)CC1. The first-order valence-corrected chi connectivity index (χ1v) is 7.43. The highest BCUT2D eigenvalue weighted by molar-refractivity contribution is 5.76. The van der Waals surface area contributed by atoms with Crippen LogP contribution in [0.5, 0.6) is 0 Å². The summed E-state index contributed by atoms with van der Waals surface area (Å²) in [7, 11) is 0. The molecule has 0 aromatic heterocycles. The fourth-order valence-electron chi connectivity index (χ4n) is 2.60. The second-order valence-electron chi connectivity index (χ2n) is 5.39. The molecule has 4 heteroatoms. The minimum atomic E-state index is -0.194. The van der Waals surface area contributed by atoms with E-state index in [2.05, 4.69) is 4.90 Å². The summed E-state index contributed by atoms with van der Waals surface area (Å²) < 4.78 is 12.9. The summed E-state index contributed by atoms with van der Waals surface area (Å²) in [4.78, 5) is 16.2. The zero-order valence-electron chi connectivity index (χ0n) is 12.1. The third-order valence-electron chi connectivity index (χ3n) is 3.72. The van der Waals surface area contributed by atoms with Gasteiger partial charge in [-0.1, -0.05) is 19.1 Å². The summed E-state index contributed by atoms with van der Waals surface area (Å²) in [5, 5.41) is 0. The average Bonchev–Trinajstić information content (AvgIpc) is 2.67. The number of halogens is 1. The van der Waals surface area contributed by atoms with E-state index in [1.165, 1.54) is 12.1 Å². The molecule has 0 saturated carbocycles. The van der Waals surface area contributed by atoms with Crippen molar-refractivity contribution in [3.05, 3.63) is 35.6 Å². The molecule has 2 rings (SSSR count). The second-order valence-corrected chi connectivity index (χ2v) is 5.39. The van der Waals surface area contributed by atoms with E-state index in [1.54, 1.807) is 0 Å². The van der Waals surface area contributed by atoms with Gasteiger partial charge in [0, 0.05) is 39.1 Å². The highest BCUT2D eigenvalue weighted by Crippen LogP contribution is 2.11. The highest BCUT2D eigenvalue weighted by atomic mass is 19.1. The lowest BCUT2D eigenvalue weighted by Crippen LogP contribution is -2.34. The third kappa shape index (κ3) is 4.30. The Balaban J connectivity index is 1.86. The van der Waals surface area contributed by atoms with Gasteiger partial charge in [0.25, 0.3) is 0 Å². The van der Waals surface area contributed by atoms with Crippen LogP contribution in [0.3, 0.4) is 0 Å². The van der Waals surface area contributed by atoms with Crippen LogP contribution in [0.1, 0.15) is 31.7 Å². The molecule has 1 aliphatic heterocycles. The van der Waals surface area contributed by atoms with Crippen molar-refractivity contribution in [3.8, 4) is 0 Å². The van der Waals surface area contributed by atoms with Gasteiger partial charge in [0.05, 0.1) is 0 Å². The number of nitrogens with zero attached hydrogens (tertiary/aromatic N) is 2. The Kier molecular flexibility index (Phi) is 5.53. The molecule has 1 aromatic rings. The monoisotopic (exact) mass is 278 g/mol. The van der Waals surface area contributed by atoms with Gasteiger partial charge in [-0.2, -0.15) is 0 Å². The van der Waals surface area contributed by atoms with Crippen LogP contribution in [0, 0.1) is 5.82 Å². The van der Waals surface area contributed by atoms with E-state index in [1.807, 2.05) is 24.0 Å². The quantitative estimate of drug-likeness (QED) is 0.845. The fourth-order valence-corrected chi connectivity index (χ4v) is 2.60. The van der Waals surface area contributed by atoms with Crippen molar-refractivity contribution in [3.63, 3.8) is 0 Å². The Morgan fingerprint density at radius 1 is 1.15 bits per heavy atom. The molecular formula is C16H23FN2O. The average molecular weight is 278 g/mol. The van der Waals surface area contributed by atoms with E-state index < -0.39 is 0 Å². The summed E-state index contributed by atoms with van der Waals surface area (Å²) in [6, 6.07) is 6.68. The first kappa shape index (κ1) is 15.0. The predicted octanol–water partition coefficient (Wildman–Crippen LogP) is 2.66. The first-order chi connectivity index (χ1) is 9.69. The van der Waals surface area contributed by atoms with Gasteiger partial charge in [-0.15, -0.1) is 0 Å². The summed E-state index contributed by atoms with van der Waals surface area (Å²) in [6.07, 6.45) is 2.57. The van der Waals surface area contributed by atoms with E-state index in [0.717, 1.165) is 51.1 Å². The molecule has 1 aromatic carbocycles. The van der Waals surface area contributed by atoms with Crippen molar-refractivity contribution in [2.75, 3.05) is 26.2 Å². The fraction of sp³-hybridized carbons (Fsp3) is 0.562. The number of amides is 1. The number of hydrogen-bond acceptors (Lipinski definition) is 2. The molecule has 1 aliphatic rings. The Morgan fingerprint density at radius 3 is 2.60 bits per heavy atom. The van der Waals surface area contributed by atoms with Crippen LogP contribution < -0.4 is 0 Å². The maximum absolute atomic E-state index is 12.9. The van der Waals surface area contributed by atoms with Crippen LogP contribution in [0.4, 0.5) is 4.39 Å². The van der Waals surface area contributed by atoms with Crippen molar-refractivity contribution in [2.24, 2.45) is 0 Å². The second kappa shape index (κ2) is 7.39. The molecule has 1 saturated heterocycles. The third-order valence-corrected chi connectivity index (χ3v) is 3.72. The minimum Gasteiger partial charge on any atom is -0.341 e. The lowest BCUT2D eigenvalue weighted by Gasteiger charge is -2.22. The van der Waals surface area contributed by atoms with Crippen LogP contribution in [0.25, 0.3) is 0 Å². The molecule has 20 heavy (non-hydrogen) atoms. The molecule has 110 valence electrons. The molecule has 1 fully saturated rings. The van der Waals surface area contributed by atoms with Gasteiger partial charge >= 0.3 is 0 Å². The van der Waals surface area contributed by atoms with Gasteiger partial charge in [0.2, 0.25) is 5.91 Å².